The number of benzene rings is 1. The minimum absolute atomic E-state index is 0.150. The number of nitrogens with one attached hydrogen (secondary N) is 1. The van der Waals surface area contributed by atoms with E-state index in [0.717, 1.165) is 11.3 Å². The van der Waals surface area contributed by atoms with E-state index in [-0.39, 0.29) is 24.7 Å². The van der Waals surface area contributed by atoms with Crippen molar-refractivity contribution in [3.05, 3.63) is 35.4 Å². The normalized spacial score (nSPS) is 13.6. The average Bonchev–Trinajstić information content (AvgIpc) is 2.42. The molecule has 0 aromatic heterocycles. The summed E-state index contributed by atoms with van der Waals surface area (Å²) in [6, 6.07) is 7.43. The summed E-state index contributed by atoms with van der Waals surface area (Å²) in [5, 5.41) is 2.73. The van der Waals surface area contributed by atoms with Crippen LogP contribution in [0.3, 0.4) is 0 Å². The van der Waals surface area contributed by atoms with Gasteiger partial charge in [0.1, 0.15) is 12.4 Å². The lowest BCUT2D eigenvalue weighted by Gasteiger charge is -2.21. The van der Waals surface area contributed by atoms with Gasteiger partial charge in [-0.15, -0.1) is 0 Å². The number of carbonyl (C=O) groups excluding carboxylic acids is 2. The van der Waals surface area contributed by atoms with Crippen LogP contribution in [0.4, 0.5) is 0 Å². The molecule has 0 bridgehead atoms. The van der Waals surface area contributed by atoms with E-state index in [4.69, 9.17) is 9.47 Å². The fraction of sp³-hybridized carbons (Fsp3) is 0.375. The van der Waals surface area contributed by atoms with Crippen LogP contribution in [0, 0.1) is 0 Å². The van der Waals surface area contributed by atoms with Crippen molar-refractivity contribution < 1.29 is 19.1 Å². The fourth-order valence-electron chi connectivity index (χ4n) is 1.91. The summed E-state index contributed by atoms with van der Waals surface area (Å²) in [5.41, 5.74) is 0.877. The molecule has 1 aromatic rings. The summed E-state index contributed by atoms with van der Waals surface area (Å²) in [4.78, 5) is 23.5. The number of ether oxygens (including phenoxy) is 2. The summed E-state index contributed by atoms with van der Waals surface area (Å²) in [6.45, 7) is 5.44. The number of amides is 1. The molecule has 5 heteroatoms. The summed E-state index contributed by atoms with van der Waals surface area (Å²) < 4.78 is 10.5. The predicted octanol–water partition coefficient (Wildman–Crippen LogP) is 1.92. The Morgan fingerprint density at radius 3 is 2.71 bits per heavy atom. The van der Waals surface area contributed by atoms with Crippen LogP contribution in [0.25, 0.3) is 6.08 Å². The zero-order chi connectivity index (χ0) is 15.5. The monoisotopic (exact) mass is 289 g/mol. The van der Waals surface area contributed by atoms with Crippen LogP contribution >= 0.6 is 0 Å². The van der Waals surface area contributed by atoms with E-state index < -0.39 is 5.97 Å². The van der Waals surface area contributed by atoms with Gasteiger partial charge in [-0.25, -0.2) is 4.79 Å². The van der Waals surface area contributed by atoms with Crippen molar-refractivity contribution in [2.45, 2.75) is 26.3 Å². The molecule has 1 heterocycles. The lowest BCUT2D eigenvalue weighted by Crippen LogP contribution is -2.42. The van der Waals surface area contributed by atoms with E-state index >= 15 is 0 Å². The molecule has 1 aromatic carbocycles. The zero-order valence-corrected chi connectivity index (χ0v) is 12.4. The van der Waals surface area contributed by atoms with Crippen molar-refractivity contribution >= 4 is 18.0 Å². The molecule has 112 valence electrons. The van der Waals surface area contributed by atoms with E-state index in [0.29, 0.717) is 5.57 Å². The summed E-state index contributed by atoms with van der Waals surface area (Å²) in [7, 11) is 0. The van der Waals surface area contributed by atoms with Gasteiger partial charge in [0.05, 0.1) is 5.57 Å². The highest BCUT2D eigenvalue weighted by molar-refractivity contribution is 5.96. The van der Waals surface area contributed by atoms with E-state index in [9.17, 15) is 9.59 Å². The molecule has 5 nitrogen and oxygen atoms in total. The second-order valence-electron chi connectivity index (χ2n) is 5.87. The van der Waals surface area contributed by atoms with Gasteiger partial charge in [-0.1, -0.05) is 18.2 Å². The summed E-state index contributed by atoms with van der Waals surface area (Å²) >= 11 is 0. The summed E-state index contributed by atoms with van der Waals surface area (Å²) in [5.74, 6) is -0.123. The predicted molar refractivity (Wildman–Crippen MR) is 78.8 cm³/mol. The topological polar surface area (TPSA) is 64.6 Å². The van der Waals surface area contributed by atoms with Crippen molar-refractivity contribution in [3.63, 3.8) is 0 Å². The van der Waals surface area contributed by atoms with Gasteiger partial charge >= 0.3 is 5.97 Å². The first kappa shape index (κ1) is 15.1. The molecule has 0 saturated carbocycles. The van der Waals surface area contributed by atoms with E-state index in [1.165, 1.54) is 0 Å². The molecule has 21 heavy (non-hydrogen) atoms. The average molecular weight is 289 g/mol. The number of carbonyl (C=O) groups is 2. The van der Waals surface area contributed by atoms with E-state index in [2.05, 4.69) is 5.32 Å². The van der Waals surface area contributed by atoms with Gasteiger partial charge in [0.15, 0.2) is 6.61 Å². The number of para-hydroxylation sites is 1. The molecule has 0 saturated heterocycles. The van der Waals surface area contributed by atoms with Gasteiger partial charge in [0, 0.05) is 11.1 Å². The molecule has 0 unspecified atom stereocenters. The number of hydrogen-bond donors (Lipinski definition) is 1. The van der Waals surface area contributed by atoms with Gasteiger partial charge in [-0.3, -0.25) is 4.79 Å². The first-order valence-electron chi connectivity index (χ1n) is 6.76. The Hall–Kier alpha value is -2.30. The third kappa shape index (κ3) is 4.34. The molecule has 0 atom stereocenters. The Kier molecular flexibility index (Phi) is 4.31. The Bertz CT molecular complexity index is 584. The van der Waals surface area contributed by atoms with Crippen molar-refractivity contribution in [3.8, 4) is 5.75 Å². The first-order chi connectivity index (χ1) is 9.85. The largest absolute Gasteiger partial charge is 0.488 e. The second kappa shape index (κ2) is 5.99. The van der Waals surface area contributed by atoms with Gasteiger partial charge in [0.2, 0.25) is 0 Å². The highest BCUT2D eigenvalue weighted by Crippen LogP contribution is 2.25. The lowest BCUT2D eigenvalue weighted by molar-refractivity contribution is -0.145. The molecule has 0 radical (unpaired) electrons. The minimum Gasteiger partial charge on any atom is -0.488 e. The third-order valence-electron chi connectivity index (χ3n) is 2.74. The maximum Gasteiger partial charge on any atom is 0.338 e. The molecular weight excluding hydrogens is 270 g/mol. The van der Waals surface area contributed by atoms with E-state index in [1.807, 2.05) is 45.0 Å². The maximum atomic E-state index is 11.9. The van der Waals surface area contributed by atoms with Crippen LogP contribution in [0.2, 0.25) is 0 Å². The second-order valence-corrected chi connectivity index (χ2v) is 5.87. The van der Waals surface area contributed by atoms with Crippen molar-refractivity contribution in [2.24, 2.45) is 0 Å². The molecule has 1 aliphatic rings. The van der Waals surface area contributed by atoms with Crippen LogP contribution in [0.1, 0.15) is 26.3 Å². The molecule has 0 fully saturated rings. The first-order valence-corrected chi connectivity index (χ1v) is 6.76. The van der Waals surface area contributed by atoms with Crippen LogP contribution in [-0.2, 0) is 14.3 Å². The van der Waals surface area contributed by atoms with Crippen LogP contribution in [0.15, 0.2) is 29.8 Å². The SMILES string of the molecule is CC(C)(C)NC(=O)COC(=O)C1=Cc2ccccc2OC1. The van der Waals surface area contributed by atoms with E-state index in [1.54, 1.807) is 6.08 Å². The van der Waals surface area contributed by atoms with Crippen molar-refractivity contribution in [2.75, 3.05) is 13.2 Å². The van der Waals surface area contributed by atoms with Crippen LogP contribution in [0.5, 0.6) is 5.75 Å². The Labute approximate surface area is 123 Å². The Morgan fingerprint density at radius 2 is 2.00 bits per heavy atom. The van der Waals surface area contributed by atoms with Crippen molar-refractivity contribution in [1.82, 2.24) is 5.32 Å². The summed E-state index contributed by atoms with van der Waals surface area (Å²) in [6.07, 6.45) is 1.73. The minimum atomic E-state index is -0.534. The Morgan fingerprint density at radius 1 is 1.29 bits per heavy atom. The van der Waals surface area contributed by atoms with Gasteiger partial charge in [-0.2, -0.15) is 0 Å². The number of rotatable bonds is 3. The fourth-order valence-corrected chi connectivity index (χ4v) is 1.91. The van der Waals surface area contributed by atoms with Gasteiger partial charge < -0.3 is 14.8 Å². The molecule has 1 amide bonds. The van der Waals surface area contributed by atoms with Gasteiger partial charge in [-0.05, 0) is 32.9 Å². The molecule has 2 rings (SSSR count). The molecule has 0 spiro atoms. The van der Waals surface area contributed by atoms with Crippen molar-refractivity contribution in [1.29, 1.82) is 0 Å². The molecule has 1 N–H and O–H groups in total. The number of hydrogen-bond acceptors (Lipinski definition) is 4. The highest BCUT2D eigenvalue weighted by atomic mass is 16.5. The highest BCUT2D eigenvalue weighted by Gasteiger charge is 2.20. The smallest absolute Gasteiger partial charge is 0.338 e. The lowest BCUT2D eigenvalue weighted by atomic mass is 10.1. The number of esters is 1. The molecule has 0 aliphatic carbocycles. The Balaban J connectivity index is 1.93. The van der Waals surface area contributed by atoms with Gasteiger partial charge in [0.25, 0.3) is 5.91 Å². The zero-order valence-electron chi connectivity index (χ0n) is 12.4. The number of fused-ring (bicyclic) bond motifs is 1. The molecular formula is C16H19NO4. The third-order valence-corrected chi connectivity index (χ3v) is 2.74. The van der Waals surface area contributed by atoms with Crippen LogP contribution in [-0.4, -0.2) is 30.6 Å². The quantitative estimate of drug-likeness (QED) is 0.863. The standard InChI is InChI=1S/C16H19NO4/c1-16(2,3)17-14(18)10-21-15(19)12-8-11-6-4-5-7-13(11)20-9-12/h4-8H,9-10H2,1-3H3,(H,17,18). The maximum absolute atomic E-state index is 11.9. The van der Waals surface area contributed by atoms with Crippen LogP contribution < -0.4 is 10.1 Å². The molecule has 1 aliphatic heterocycles.